The number of hydrogen-bond acceptors (Lipinski definition) is 6. The van der Waals surface area contributed by atoms with Crippen LogP contribution in [0.4, 0.5) is 5.69 Å². The molecule has 1 aromatic heterocycles. The van der Waals surface area contributed by atoms with Crippen LogP contribution in [0.1, 0.15) is 17.8 Å². The van der Waals surface area contributed by atoms with Crippen molar-refractivity contribution in [1.29, 1.82) is 0 Å². The summed E-state index contributed by atoms with van der Waals surface area (Å²) in [7, 11) is 1.49. The number of aromatic nitrogens is 1. The number of carbonyl (C=O) groups is 2. The third-order valence-corrected chi connectivity index (χ3v) is 5.24. The van der Waals surface area contributed by atoms with Gasteiger partial charge in [-0.05, 0) is 43.2 Å². The molecule has 0 radical (unpaired) electrons. The second kappa shape index (κ2) is 9.52. The fourth-order valence-electron chi connectivity index (χ4n) is 2.59. The van der Waals surface area contributed by atoms with E-state index in [4.69, 9.17) is 21.1 Å². The summed E-state index contributed by atoms with van der Waals surface area (Å²) in [5, 5.41) is 4.07. The number of thiazole rings is 1. The predicted octanol–water partition coefficient (Wildman–Crippen LogP) is 4.46. The topological polar surface area (TPSA) is 77.5 Å². The lowest BCUT2D eigenvalue weighted by Crippen LogP contribution is -2.21. The number of fused-ring (bicyclic) bond motifs is 1. The Hall–Kier alpha value is -2.64. The van der Waals surface area contributed by atoms with Gasteiger partial charge in [0.25, 0.3) is 5.91 Å². The van der Waals surface area contributed by atoms with Crippen LogP contribution in [-0.2, 0) is 20.7 Å². The zero-order valence-corrected chi connectivity index (χ0v) is 16.8. The van der Waals surface area contributed by atoms with E-state index >= 15 is 0 Å². The molecule has 0 atom stereocenters. The molecular weight excluding hydrogens is 400 g/mol. The number of benzene rings is 2. The van der Waals surface area contributed by atoms with E-state index in [9.17, 15) is 9.59 Å². The number of rotatable bonds is 8. The Morgan fingerprint density at radius 3 is 2.82 bits per heavy atom. The SMILES string of the molecule is COc1ccc(Cl)cc1NC(=O)COC(=O)CCCc1nc2ccccc2s1. The van der Waals surface area contributed by atoms with Crippen molar-refractivity contribution >= 4 is 50.7 Å². The van der Waals surface area contributed by atoms with Gasteiger partial charge < -0.3 is 14.8 Å². The van der Waals surface area contributed by atoms with Gasteiger partial charge in [-0.3, -0.25) is 9.59 Å². The number of nitrogens with zero attached hydrogens (tertiary/aromatic N) is 1. The summed E-state index contributed by atoms with van der Waals surface area (Å²) in [4.78, 5) is 28.4. The summed E-state index contributed by atoms with van der Waals surface area (Å²) in [6.45, 7) is -0.365. The third kappa shape index (κ3) is 5.43. The summed E-state index contributed by atoms with van der Waals surface area (Å²) in [5.41, 5.74) is 1.39. The zero-order valence-electron chi connectivity index (χ0n) is 15.2. The largest absolute Gasteiger partial charge is 0.495 e. The first-order valence-electron chi connectivity index (χ1n) is 8.68. The van der Waals surface area contributed by atoms with Crippen LogP contribution in [0, 0.1) is 0 Å². The van der Waals surface area contributed by atoms with Gasteiger partial charge in [0.05, 0.1) is 28.0 Å². The van der Waals surface area contributed by atoms with Crippen molar-refractivity contribution in [2.24, 2.45) is 0 Å². The van der Waals surface area contributed by atoms with E-state index in [-0.39, 0.29) is 13.0 Å². The van der Waals surface area contributed by atoms with E-state index in [1.807, 2.05) is 24.3 Å². The molecule has 0 saturated heterocycles. The monoisotopic (exact) mass is 418 g/mol. The Morgan fingerprint density at radius 1 is 1.21 bits per heavy atom. The van der Waals surface area contributed by atoms with E-state index in [0.29, 0.717) is 29.3 Å². The molecule has 3 aromatic rings. The molecule has 0 aliphatic heterocycles. The quantitative estimate of drug-likeness (QED) is 0.546. The van der Waals surface area contributed by atoms with Crippen molar-refractivity contribution in [3.05, 3.63) is 52.5 Å². The highest BCUT2D eigenvalue weighted by Gasteiger charge is 2.12. The first-order valence-corrected chi connectivity index (χ1v) is 9.88. The van der Waals surface area contributed by atoms with Gasteiger partial charge in [-0.2, -0.15) is 0 Å². The van der Waals surface area contributed by atoms with E-state index in [1.165, 1.54) is 7.11 Å². The summed E-state index contributed by atoms with van der Waals surface area (Å²) in [6, 6.07) is 12.8. The van der Waals surface area contributed by atoms with Gasteiger partial charge in [0.15, 0.2) is 6.61 Å². The molecule has 0 fully saturated rings. The molecule has 0 saturated carbocycles. The normalized spacial score (nSPS) is 10.6. The van der Waals surface area contributed by atoms with Gasteiger partial charge in [0.1, 0.15) is 5.75 Å². The fraction of sp³-hybridized carbons (Fsp3) is 0.250. The molecule has 0 bridgehead atoms. The molecule has 0 unspecified atom stereocenters. The molecule has 0 aliphatic carbocycles. The Morgan fingerprint density at radius 2 is 2.04 bits per heavy atom. The lowest BCUT2D eigenvalue weighted by atomic mass is 10.2. The Bertz CT molecular complexity index is 956. The van der Waals surface area contributed by atoms with Crippen molar-refractivity contribution in [1.82, 2.24) is 4.98 Å². The van der Waals surface area contributed by atoms with Crippen molar-refractivity contribution < 1.29 is 19.1 Å². The highest BCUT2D eigenvalue weighted by Crippen LogP contribution is 2.27. The summed E-state index contributed by atoms with van der Waals surface area (Å²) in [6.07, 6.45) is 1.53. The maximum Gasteiger partial charge on any atom is 0.306 e. The first kappa shape index (κ1) is 20.1. The van der Waals surface area contributed by atoms with E-state index in [0.717, 1.165) is 15.2 Å². The van der Waals surface area contributed by atoms with Crippen molar-refractivity contribution in [3.8, 4) is 5.75 Å². The van der Waals surface area contributed by atoms with E-state index in [1.54, 1.807) is 29.5 Å². The van der Waals surface area contributed by atoms with Crippen LogP contribution >= 0.6 is 22.9 Å². The van der Waals surface area contributed by atoms with Crippen LogP contribution in [0.5, 0.6) is 5.75 Å². The van der Waals surface area contributed by atoms with Gasteiger partial charge in [0, 0.05) is 11.4 Å². The number of esters is 1. The maximum atomic E-state index is 12.0. The number of amides is 1. The molecule has 0 spiro atoms. The summed E-state index contributed by atoms with van der Waals surface area (Å²) < 4.78 is 11.3. The summed E-state index contributed by atoms with van der Waals surface area (Å²) in [5.74, 6) is -0.408. The van der Waals surface area contributed by atoms with E-state index < -0.39 is 11.9 Å². The highest BCUT2D eigenvalue weighted by molar-refractivity contribution is 7.18. The lowest BCUT2D eigenvalue weighted by Gasteiger charge is -2.10. The Balaban J connectivity index is 1.41. The van der Waals surface area contributed by atoms with Gasteiger partial charge in [-0.1, -0.05) is 23.7 Å². The molecule has 8 heteroatoms. The van der Waals surface area contributed by atoms with Crippen molar-refractivity contribution in [2.75, 3.05) is 19.0 Å². The highest BCUT2D eigenvalue weighted by atomic mass is 35.5. The van der Waals surface area contributed by atoms with Crippen LogP contribution in [0.2, 0.25) is 5.02 Å². The van der Waals surface area contributed by atoms with Gasteiger partial charge in [-0.15, -0.1) is 11.3 Å². The minimum atomic E-state index is -0.458. The molecule has 0 aliphatic rings. The lowest BCUT2D eigenvalue weighted by molar-refractivity contribution is -0.147. The number of para-hydroxylation sites is 1. The number of nitrogens with one attached hydrogen (secondary N) is 1. The smallest absolute Gasteiger partial charge is 0.306 e. The molecule has 2 aromatic carbocycles. The van der Waals surface area contributed by atoms with Gasteiger partial charge >= 0.3 is 5.97 Å². The number of hydrogen-bond donors (Lipinski definition) is 1. The average Bonchev–Trinajstić information content (AvgIpc) is 3.09. The Labute approximate surface area is 171 Å². The average molecular weight is 419 g/mol. The second-order valence-corrected chi connectivity index (χ2v) is 7.53. The van der Waals surface area contributed by atoms with Crippen molar-refractivity contribution in [2.45, 2.75) is 19.3 Å². The number of halogens is 1. The standard InChI is InChI=1S/C20H19ClN2O4S/c1-26-16-10-9-13(21)11-15(16)22-18(24)12-27-20(25)8-4-7-19-23-14-5-2-3-6-17(14)28-19/h2-3,5-6,9-11H,4,7-8,12H2,1H3,(H,22,24). The third-order valence-electron chi connectivity index (χ3n) is 3.91. The minimum Gasteiger partial charge on any atom is -0.495 e. The van der Waals surface area contributed by atoms with Crippen LogP contribution in [-0.4, -0.2) is 30.6 Å². The molecule has 28 heavy (non-hydrogen) atoms. The van der Waals surface area contributed by atoms with Gasteiger partial charge in [0.2, 0.25) is 0 Å². The van der Waals surface area contributed by atoms with E-state index in [2.05, 4.69) is 10.3 Å². The first-order chi connectivity index (χ1) is 13.5. The number of ether oxygens (including phenoxy) is 2. The molecule has 1 heterocycles. The van der Waals surface area contributed by atoms with Crippen LogP contribution in [0.3, 0.4) is 0 Å². The molecule has 1 N–H and O–H groups in total. The molecule has 1 amide bonds. The number of anilines is 1. The van der Waals surface area contributed by atoms with Crippen LogP contribution in [0.15, 0.2) is 42.5 Å². The number of methoxy groups -OCH3 is 1. The molecule has 6 nitrogen and oxygen atoms in total. The van der Waals surface area contributed by atoms with Crippen molar-refractivity contribution in [3.63, 3.8) is 0 Å². The molecular formula is C20H19ClN2O4S. The van der Waals surface area contributed by atoms with Gasteiger partial charge in [-0.25, -0.2) is 4.98 Å². The molecule has 146 valence electrons. The maximum absolute atomic E-state index is 12.0. The number of aryl methyl sites for hydroxylation is 1. The zero-order chi connectivity index (χ0) is 19.9. The Kier molecular flexibility index (Phi) is 6.84. The second-order valence-electron chi connectivity index (χ2n) is 5.98. The molecule has 3 rings (SSSR count). The number of carbonyl (C=O) groups excluding carboxylic acids is 2. The van der Waals surface area contributed by atoms with Crippen LogP contribution < -0.4 is 10.1 Å². The minimum absolute atomic E-state index is 0.226. The van der Waals surface area contributed by atoms with Crippen LogP contribution in [0.25, 0.3) is 10.2 Å². The fourth-order valence-corrected chi connectivity index (χ4v) is 3.77. The summed E-state index contributed by atoms with van der Waals surface area (Å²) >= 11 is 7.54. The predicted molar refractivity (Wildman–Crippen MR) is 110 cm³/mol.